The standard InChI is InChI=1S/C24H35N3O4S/c1-23(2,31-16-19-5-4-12-25-15-19)22(28)26-17-24(18-26)10-13-27(14-11-24)32(29)21-8-6-20(30-3)7-9-21/h4-6,8,12,15,20-21H,7,9-11,13-14,16-18H2,1-3H3. The van der Waals surface area contributed by atoms with Gasteiger partial charge in [-0.05, 0) is 51.2 Å². The molecule has 32 heavy (non-hydrogen) atoms. The average Bonchev–Trinajstić information content (AvgIpc) is 2.81. The first-order chi connectivity index (χ1) is 15.3. The van der Waals surface area contributed by atoms with Crippen LogP contribution in [-0.4, -0.2) is 74.5 Å². The SMILES string of the molecule is COC1C=CC(S(=O)N2CCC3(CC2)CN(C(=O)C(C)(C)OCc2cccnc2)C3)CC1. The van der Waals surface area contributed by atoms with E-state index in [9.17, 15) is 9.00 Å². The Morgan fingerprint density at radius 2 is 2.00 bits per heavy atom. The van der Waals surface area contributed by atoms with Gasteiger partial charge in [0.15, 0.2) is 0 Å². The molecule has 1 spiro atoms. The Kier molecular flexibility index (Phi) is 7.14. The molecule has 3 aliphatic rings. The van der Waals surface area contributed by atoms with Gasteiger partial charge in [0.1, 0.15) is 16.6 Å². The molecule has 1 amide bonds. The molecule has 0 saturated carbocycles. The molecule has 176 valence electrons. The maximum absolute atomic E-state index is 13.0. The zero-order valence-electron chi connectivity index (χ0n) is 19.4. The Bertz CT molecular complexity index is 844. The number of pyridine rings is 1. The first kappa shape index (κ1) is 23.5. The summed E-state index contributed by atoms with van der Waals surface area (Å²) in [4.78, 5) is 19.0. The number of aromatic nitrogens is 1. The number of likely N-dealkylation sites (tertiary alicyclic amines) is 1. The lowest BCUT2D eigenvalue weighted by Gasteiger charge is -2.55. The van der Waals surface area contributed by atoms with Crippen LogP contribution < -0.4 is 0 Å². The van der Waals surface area contributed by atoms with Gasteiger partial charge in [-0.15, -0.1) is 0 Å². The fraction of sp³-hybridized carbons (Fsp3) is 0.667. The minimum absolute atomic E-state index is 0.0399. The van der Waals surface area contributed by atoms with Gasteiger partial charge in [-0.1, -0.05) is 18.2 Å². The van der Waals surface area contributed by atoms with Crippen molar-refractivity contribution in [3.8, 4) is 0 Å². The summed E-state index contributed by atoms with van der Waals surface area (Å²) in [7, 11) is 0.731. The van der Waals surface area contributed by atoms with Crippen LogP contribution in [0, 0.1) is 5.41 Å². The molecule has 7 nitrogen and oxygen atoms in total. The molecule has 0 aromatic carbocycles. The summed E-state index contributed by atoms with van der Waals surface area (Å²) in [5.74, 6) is 0.0399. The summed E-state index contributed by atoms with van der Waals surface area (Å²) in [5, 5.41) is 0.0904. The zero-order valence-corrected chi connectivity index (χ0v) is 20.2. The molecule has 3 unspecified atom stereocenters. The normalized spacial score (nSPS) is 26.7. The second kappa shape index (κ2) is 9.71. The lowest BCUT2D eigenvalue weighted by Crippen LogP contribution is -2.65. The van der Waals surface area contributed by atoms with E-state index < -0.39 is 16.6 Å². The molecule has 1 aromatic rings. The zero-order chi connectivity index (χ0) is 22.8. The maximum Gasteiger partial charge on any atom is 0.254 e. The van der Waals surface area contributed by atoms with E-state index in [0.29, 0.717) is 6.61 Å². The first-order valence-corrected chi connectivity index (χ1v) is 12.7. The highest BCUT2D eigenvalue weighted by Gasteiger charge is 2.50. The van der Waals surface area contributed by atoms with Gasteiger partial charge in [-0.3, -0.25) is 9.78 Å². The van der Waals surface area contributed by atoms with Gasteiger partial charge in [0.05, 0.1) is 18.0 Å². The van der Waals surface area contributed by atoms with Crippen LogP contribution in [0.5, 0.6) is 0 Å². The van der Waals surface area contributed by atoms with E-state index in [4.69, 9.17) is 9.47 Å². The van der Waals surface area contributed by atoms with Gasteiger partial charge < -0.3 is 14.4 Å². The van der Waals surface area contributed by atoms with Gasteiger partial charge in [0, 0.05) is 51.1 Å². The monoisotopic (exact) mass is 461 g/mol. The summed E-state index contributed by atoms with van der Waals surface area (Å²) in [6.45, 7) is 7.24. The van der Waals surface area contributed by atoms with Gasteiger partial charge in [-0.25, -0.2) is 8.51 Å². The number of piperidine rings is 1. The van der Waals surface area contributed by atoms with Gasteiger partial charge in [0.25, 0.3) is 5.91 Å². The Morgan fingerprint density at radius 1 is 1.25 bits per heavy atom. The Balaban J connectivity index is 1.24. The van der Waals surface area contributed by atoms with Crippen molar-refractivity contribution in [3.63, 3.8) is 0 Å². The number of carbonyl (C=O) groups excluding carboxylic acids is 1. The van der Waals surface area contributed by atoms with Crippen molar-refractivity contribution >= 4 is 16.9 Å². The van der Waals surface area contributed by atoms with Crippen LogP contribution in [0.4, 0.5) is 0 Å². The molecule has 2 saturated heterocycles. The molecule has 2 fully saturated rings. The summed E-state index contributed by atoms with van der Waals surface area (Å²) in [6.07, 6.45) is 11.5. The Morgan fingerprint density at radius 3 is 2.59 bits per heavy atom. The van der Waals surface area contributed by atoms with Crippen molar-refractivity contribution in [2.75, 3.05) is 33.3 Å². The van der Waals surface area contributed by atoms with Crippen LogP contribution in [0.2, 0.25) is 0 Å². The number of hydrogen-bond donors (Lipinski definition) is 0. The minimum atomic E-state index is -0.988. The number of rotatable bonds is 7. The fourth-order valence-electron chi connectivity index (χ4n) is 4.88. The highest BCUT2D eigenvalue weighted by molar-refractivity contribution is 7.83. The summed E-state index contributed by atoms with van der Waals surface area (Å²) in [6, 6.07) is 3.82. The summed E-state index contributed by atoms with van der Waals surface area (Å²) in [5.41, 5.74) is 0.256. The van der Waals surface area contributed by atoms with Gasteiger partial charge in [-0.2, -0.15) is 0 Å². The molecule has 8 heteroatoms. The molecular weight excluding hydrogens is 426 g/mol. The van der Waals surface area contributed by atoms with Gasteiger partial charge in [0.2, 0.25) is 0 Å². The van der Waals surface area contributed by atoms with E-state index in [1.54, 1.807) is 19.5 Å². The predicted molar refractivity (Wildman–Crippen MR) is 124 cm³/mol. The van der Waals surface area contributed by atoms with E-state index in [1.807, 2.05) is 37.0 Å². The Labute approximate surface area is 193 Å². The molecule has 3 atom stereocenters. The molecule has 1 aliphatic carbocycles. The van der Waals surface area contributed by atoms with Crippen molar-refractivity contribution in [2.24, 2.45) is 5.41 Å². The lowest BCUT2D eigenvalue weighted by molar-refractivity contribution is -0.170. The maximum atomic E-state index is 13.0. The van der Waals surface area contributed by atoms with Crippen LogP contribution in [0.15, 0.2) is 36.7 Å². The highest BCUT2D eigenvalue weighted by Crippen LogP contribution is 2.42. The largest absolute Gasteiger partial charge is 0.377 e. The summed E-state index contributed by atoms with van der Waals surface area (Å²) >= 11 is 0. The van der Waals surface area contributed by atoms with E-state index in [-0.39, 0.29) is 22.7 Å². The van der Waals surface area contributed by atoms with Crippen molar-refractivity contribution in [1.29, 1.82) is 0 Å². The van der Waals surface area contributed by atoms with E-state index in [1.165, 1.54) is 0 Å². The van der Waals surface area contributed by atoms with E-state index in [2.05, 4.69) is 15.4 Å². The molecule has 4 rings (SSSR count). The number of methoxy groups -OCH3 is 1. The smallest absolute Gasteiger partial charge is 0.254 e. The second-order valence-corrected chi connectivity index (χ2v) is 11.5. The van der Waals surface area contributed by atoms with Crippen LogP contribution in [0.1, 0.15) is 45.1 Å². The fourth-order valence-corrected chi connectivity index (χ4v) is 6.37. The second-order valence-electron chi connectivity index (χ2n) is 9.80. The van der Waals surface area contributed by atoms with Crippen molar-refractivity contribution in [2.45, 2.75) is 63.1 Å². The summed E-state index contributed by atoms with van der Waals surface area (Å²) < 4.78 is 26.4. The quantitative estimate of drug-likeness (QED) is 0.584. The van der Waals surface area contributed by atoms with E-state index >= 15 is 0 Å². The number of nitrogens with zero attached hydrogens (tertiary/aromatic N) is 3. The number of carbonyl (C=O) groups is 1. The third kappa shape index (κ3) is 5.14. The molecule has 0 bridgehead atoms. The Hall–Kier alpha value is -1.61. The van der Waals surface area contributed by atoms with Gasteiger partial charge >= 0.3 is 0 Å². The van der Waals surface area contributed by atoms with Crippen LogP contribution >= 0.6 is 0 Å². The molecule has 2 aliphatic heterocycles. The van der Waals surface area contributed by atoms with Crippen LogP contribution in [0.3, 0.4) is 0 Å². The average molecular weight is 462 g/mol. The number of ether oxygens (including phenoxy) is 2. The highest BCUT2D eigenvalue weighted by atomic mass is 32.2. The third-order valence-corrected chi connectivity index (χ3v) is 8.84. The third-order valence-electron chi connectivity index (χ3n) is 7.05. The van der Waals surface area contributed by atoms with Crippen LogP contribution in [-0.2, 0) is 31.9 Å². The number of hydrogen-bond acceptors (Lipinski definition) is 5. The molecule has 3 heterocycles. The topological polar surface area (TPSA) is 72.0 Å². The van der Waals surface area contributed by atoms with E-state index in [0.717, 1.165) is 57.4 Å². The van der Waals surface area contributed by atoms with Crippen molar-refractivity contribution in [3.05, 3.63) is 42.2 Å². The van der Waals surface area contributed by atoms with Crippen LogP contribution in [0.25, 0.3) is 0 Å². The molecule has 0 radical (unpaired) electrons. The molecular formula is C24H35N3O4S. The molecule has 1 aromatic heterocycles. The van der Waals surface area contributed by atoms with Crippen molar-refractivity contribution < 1.29 is 18.5 Å². The first-order valence-electron chi connectivity index (χ1n) is 11.5. The predicted octanol–water partition coefficient (Wildman–Crippen LogP) is 2.70. The molecule has 0 N–H and O–H groups in total. The van der Waals surface area contributed by atoms with Crippen molar-refractivity contribution in [1.82, 2.24) is 14.2 Å². The minimum Gasteiger partial charge on any atom is -0.377 e. The number of amides is 1. The lowest BCUT2D eigenvalue weighted by atomic mass is 9.72.